The van der Waals surface area contributed by atoms with E-state index in [1.54, 1.807) is 12.0 Å². The van der Waals surface area contributed by atoms with Gasteiger partial charge in [-0.2, -0.15) is 0 Å². The van der Waals surface area contributed by atoms with E-state index in [-0.39, 0.29) is 23.8 Å². The Balaban J connectivity index is 1.46. The van der Waals surface area contributed by atoms with E-state index in [9.17, 15) is 14.7 Å². The maximum absolute atomic E-state index is 13.0. The Bertz CT molecular complexity index is 1430. The van der Waals surface area contributed by atoms with Crippen LogP contribution in [0, 0.1) is 0 Å². The van der Waals surface area contributed by atoms with Gasteiger partial charge in [0.2, 0.25) is 0 Å². The van der Waals surface area contributed by atoms with Crippen molar-refractivity contribution in [2.75, 3.05) is 13.7 Å². The number of para-hydroxylation sites is 2. The zero-order valence-electron chi connectivity index (χ0n) is 21.8. The van der Waals surface area contributed by atoms with Gasteiger partial charge in [0.25, 0.3) is 0 Å². The van der Waals surface area contributed by atoms with Crippen LogP contribution >= 0.6 is 0 Å². The molecule has 1 fully saturated rings. The van der Waals surface area contributed by atoms with Gasteiger partial charge in [0.05, 0.1) is 24.2 Å². The molecular weight excluding hydrogens is 480 g/mol. The van der Waals surface area contributed by atoms with Gasteiger partial charge in [-0.15, -0.1) is 0 Å². The molecule has 4 aromatic rings. The minimum Gasteiger partial charge on any atom is -0.497 e. The van der Waals surface area contributed by atoms with E-state index < -0.39 is 6.09 Å². The van der Waals surface area contributed by atoms with Gasteiger partial charge >= 0.3 is 11.8 Å². The lowest BCUT2D eigenvalue weighted by Crippen LogP contribution is -2.55. The summed E-state index contributed by atoms with van der Waals surface area (Å²) in [4.78, 5) is 32.2. The molecule has 0 saturated carbocycles. The van der Waals surface area contributed by atoms with Crippen LogP contribution in [0.4, 0.5) is 4.79 Å². The van der Waals surface area contributed by atoms with E-state index >= 15 is 0 Å². The molecule has 0 spiro atoms. The fourth-order valence-corrected chi connectivity index (χ4v) is 5.71. The SMILES string of the molecule is COc1ccc(CN(Cc2ccccc2)C(C)C2CC(n3c(=O)[nH]c4ccccc43)CCN2C(=O)O)cc1. The molecule has 3 atom stereocenters. The summed E-state index contributed by atoms with van der Waals surface area (Å²) in [5.74, 6) is 0.799. The molecule has 2 N–H and O–H groups in total. The van der Waals surface area contributed by atoms with E-state index in [1.165, 1.54) is 0 Å². The summed E-state index contributed by atoms with van der Waals surface area (Å²) in [6, 6.07) is 25.4. The number of aromatic amines is 1. The van der Waals surface area contributed by atoms with Crippen molar-refractivity contribution in [3.05, 3.63) is 100 Å². The van der Waals surface area contributed by atoms with Gasteiger partial charge in [-0.3, -0.25) is 9.47 Å². The van der Waals surface area contributed by atoms with Gasteiger partial charge in [0.1, 0.15) is 5.75 Å². The normalized spacial score (nSPS) is 18.6. The average Bonchev–Trinajstić information content (AvgIpc) is 3.28. The van der Waals surface area contributed by atoms with Crippen molar-refractivity contribution < 1.29 is 14.6 Å². The van der Waals surface area contributed by atoms with E-state index in [1.807, 2.05) is 71.3 Å². The summed E-state index contributed by atoms with van der Waals surface area (Å²) < 4.78 is 7.14. The summed E-state index contributed by atoms with van der Waals surface area (Å²) in [7, 11) is 1.65. The Kier molecular flexibility index (Phi) is 7.51. The van der Waals surface area contributed by atoms with Crippen molar-refractivity contribution in [1.82, 2.24) is 19.4 Å². The third kappa shape index (κ3) is 5.31. The molecule has 8 nitrogen and oxygen atoms in total. The number of hydrogen-bond donors (Lipinski definition) is 2. The molecule has 0 aliphatic carbocycles. The third-order valence-corrected chi connectivity index (χ3v) is 7.76. The number of piperidine rings is 1. The molecule has 1 aliphatic heterocycles. The highest BCUT2D eigenvalue weighted by atomic mass is 16.5. The highest BCUT2D eigenvalue weighted by Crippen LogP contribution is 2.32. The van der Waals surface area contributed by atoms with Crippen LogP contribution in [0.3, 0.4) is 0 Å². The Labute approximate surface area is 222 Å². The molecule has 198 valence electrons. The lowest BCUT2D eigenvalue weighted by molar-refractivity contribution is 0.0374. The highest BCUT2D eigenvalue weighted by Gasteiger charge is 2.38. The second-order valence-corrected chi connectivity index (χ2v) is 10.0. The number of imidazole rings is 1. The van der Waals surface area contributed by atoms with Crippen molar-refractivity contribution in [3.8, 4) is 5.75 Å². The maximum atomic E-state index is 13.0. The molecule has 5 rings (SSSR count). The predicted molar refractivity (Wildman–Crippen MR) is 147 cm³/mol. The fourth-order valence-electron chi connectivity index (χ4n) is 5.71. The summed E-state index contributed by atoms with van der Waals surface area (Å²) in [6.45, 7) is 3.81. The topological polar surface area (TPSA) is 90.8 Å². The molecule has 8 heteroatoms. The van der Waals surface area contributed by atoms with Crippen molar-refractivity contribution in [3.63, 3.8) is 0 Å². The zero-order chi connectivity index (χ0) is 26.6. The molecular formula is C30H34N4O4. The second-order valence-electron chi connectivity index (χ2n) is 10.0. The average molecular weight is 515 g/mol. The van der Waals surface area contributed by atoms with Crippen molar-refractivity contribution >= 4 is 17.1 Å². The van der Waals surface area contributed by atoms with Crippen molar-refractivity contribution in [2.45, 2.75) is 51.0 Å². The maximum Gasteiger partial charge on any atom is 0.407 e. The number of carbonyl (C=O) groups is 1. The first kappa shape index (κ1) is 25.6. The van der Waals surface area contributed by atoms with Crippen LogP contribution in [-0.2, 0) is 13.1 Å². The molecule has 1 saturated heterocycles. The number of hydrogen-bond acceptors (Lipinski definition) is 4. The first-order valence-corrected chi connectivity index (χ1v) is 13.0. The van der Waals surface area contributed by atoms with E-state index in [2.05, 4.69) is 28.9 Å². The van der Waals surface area contributed by atoms with Crippen molar-refractivity contribution in [1.29, 1.82) is 0 Å². The Hall–Kier alpha value is -4.04. The molecule has 0 radical (unpaired) electrons. The zero-order valence-corrected chi connectivity index (χ0v) is 21.8. The third-order valence-electron chi connectivity index (χ3n) is 7.76. The van der Waals surface area contributed by atoms with Gasteiger partial charge in [-0.05, 0) is 55.2 Å². The van der Waals surface area contributed by atoms with Crippen molar-refractivity contribution in [2.24, 2.45) is 0 Å². The summed E-state index contributed by atoms with van der Waals surface area (Å²) >= 11 is 0. The van der Waals surface area contributed by atoms with Crippen LogP contribution in [0.2, 0.25) is 0 Å². The molecule has 1 amide bonds. The first-order valence-electron chi connectivity index (χ1n) is 13.0. The number of benzene rings is 3. The quantitative estimate of drug-likeness (QED) is 0.341. The number of likely N-dealkylation sites (tertiary alicyclic amines) is 1. The molecule has 0 bridgehead atoms. The summed E-state index contributed by atoms with van der Waals surface area (Å²) in [5.41, 5.74) is 3.79. The molecule has 38 heavy (non-hydrogen) atoms. The van der Waals surface area contributed by atoms with Gasteiger partial charge in [0.15, 0.2) is 0 Å². The van der Waals surface area contributed by atoms with Gasteiger partial charge < -0.3 is 19.7 Å². The van der Waals surface area contributed by atoms with Crippen LogP contribution in [0.5, 0.6) is 5.75 Å². The number of H-pyrrole nitrogens is 1. The molecule has 3 unspecified atom stereocenters. The molecule has 2 heterocycles. The minimum atomic E-state index is -0.921. The van der Waals surface area contributed by atoms with E-state index in [0.717, 1.165) is 27.9 Å². The van der Waals surface area contributed by atoms with Gasteiger partial charge in [-0.25, -0.2) is 9.59 Å². The minimum absolute atomic E-state index is 0.0961. The number of fused-ring (bicyclic) bond motifs is 1. The number of ether oxygens (including phenoxy) is 1. The second kappa shape index (κ2) is 11.1. The Morgan fingerprint density at radius 2 is 1.68 bits per heavy atom. The fraction of sp³-hybridized carbons (Fsp3) is 0.333. The van der Waals surface area contributed by atoms with Crippen LogP contribution in [0.25, 0.3) is 11.0 Å². The van der Waals surface area contributed by atoms with Gasteiger partial charge in [0, 0.05) is 31.7 Å². The predicted octanol–water partition coefficient (Wildman–Crippen LogP) is 5.11. The smallest absolute Gasteiger partial charge is 0.407 e. The number of amides is 1. The van der Waals surface area contributed by atoms with Gasteiger partial charge in [-0.1, -0.05) is 54.6 Å². The monoisotopic (exact) mass is 514 g/mol. The van der Waals surface area contributed by atoms with Crippen LogP contribution in [0.15, 0.2) is 83.7 Å². The Morgan fingerprint density at radius 3 is 2.37 bits per heavy atom. The van der Waals surface area contributed by atoms with E-state index in [4.69, 9.17) is 4.74 Å². The number of carboxylic acid groups (broad SMARTS) is 1. The lowest BCUT2D eigenvalue weighted by Gasteiger charge is -2.44. The molecule has 1 aromatic heterocycles. The molecule has 1 aliphatic rings. The van der Waals surface area contributed by atoms with Crippen LogP contribution < -0.4 is 10.4 Å². The number of aromatic nitrogens is 2. The van der Waals surface area contributed by atoms with Crippen LogP contribution in [-0.4, -0.2) is 56.3 Å². The number of nitrogens with zero attached hydrogens (tertiary/aromatic N) is 3. The number of nitrogens with one attached hydrogen (secondary N) is 1. The number of methoxy groups -OCH3 is 1. The first-order chi connectivity index (χ1) is 18.4. The Morgan fingerprint density at radius 1 is 1.03 bits per heavy atom. The number of rotatable bonds is 8. The standard InChI is InChI=1S/C30H34N4O4/c1-21(32(19-22-8-4-3-5-9-22)20-23-12-14-25(38-2)15-13-23)28-18-24(16-17-33(28)30(36)37)34-27-11-7-6-10-26(27)31-29(34)35/h3-15,21,24,28H,16-20H2,1-2H3,(H,31,35)(H,36,37). The van der Waals surface area contributed by atoms with E-state index in [0.29, 0.717) is 32.5 Å². The largest absolute Gasteiger partial charge is 0.497 e. The summed E-state index contributed by atoms with van der Waals surface area (Å²) in [5, 5.41) is 10.1. The van der Waals surface area contributed by atoms with Crippen LogP contribution in [0.1, 0.15) is 36.9 Å². The highest BCUT2D eigenvalue weighted by molar-refractivity contribution is 5.75. The lowest BCUT2D eigenvalue weighted by atomic mass is 9.91. The summed E-state index contributed by atoms with van der Waals surface area (Å²) in [6.07, 6.45) is 0.230. The molecule has 3 aromatic carbocycles.